The van der Waals surface area contributed by atoms with Gasteiger partial charge in [-0.2, -0.15) is 8.42 Å². The molecule has 0 aromatic rings. The van der Waals surface area contributed by atoms with Crippen molar-refractivity contribution < 1.29 is 13.0 Å². The molecule has 0 aliphatic rings. The van der Waals surface area contributed by atoms with Crippen LogP contribution in [0.4, 0.5) is 0 Å². The molecular formula is C13H30N2O3S2. The molecule has 0 amide bonds. The maximum Gasteiger partial charge on any atom is 0.319 e. The number of hydrogen-bond acceptors (Lipinski definition) is 5. The molecule has 20 heavy (non-hydrogen) atoms. The molecule has 122 valence electrons. The van der Waals surface area contributed by atoms with Gasteiger partial charge in [-0.05, 0) is 43.3 Å². The van der Waals surface area contributed by atoms with Crippen molar-refractivity contribution in [1.82, 2.24) is 10.6 Å². The third kappa shape index (κ3) is 18.2. The van der Waals surface area contributed by atoms with Crippen molar-refractivity contribution in [2.75, 3.05) is 31.9 Å². The summed E-state index contributed by atoms with van der Waals surface area (Å²) in [5.74, 6) is 0.379. The van der Waals surface area contributed by atoms with Crippen LogP contribution in [-0.4, -0.2) is 44.9 Å². The van der Waals surface area contributed by atoms with Gasteiger partial charge in [0.2, 0.25) is 0 Å². The molecule has 0 aliphatic heterocycles. The molecule has 0 atom stereocenters. The van der Waals surface area contributed by atoms with Crippen molar-refractivity contribution in [3.8, 4) is 0 Å². The normalized spacial score (nSPS) is 11.9. The van der Waals surface area contributed by atoms with Crippen molar-refractivity contribution in [1.29, 1.82) is 0 Å². The van der Waals surface area contributed by atoms with Gasteiger partial charge >= 0.3 is 9.15 Å². The van der Waals surface area contributed by atoms with E-state index in [1.54, 1.807) is 0 Å². The topological polar surface area (TPSA) is 78.4 Å². The van der Waals surface area contributed by atoms with E-state index in [0.717, 1.165) is 26.1 Å². The average Bonchev–Trinajstić information content (AvgIpc) is 2.38. The van der Waals surface area contributed by atoms with Gasteiger partial charge < -0.3 is 10.6 Å². The van der Waals surface area contributed by atoms with E-state index >= 15 is 0 Å². The Morgan fingerprint density at radius 1 is 0.850 bits per heavy atom. The molecule has 3 N–H and O–H groups in total. The molecule has 0 spiro atoms. The standard InChI is InChI=1S/C13H30N2O3S2/c1-2-3-4-5-6-7-9-14-10-8-11-15-12-13-19-20(16,17)18/h14-15H,2-13H2,1H3,(H,16,17,18). The Morgan fingerprint density at radius 2 is 1.40 bits per heavy atom. The lowest BCUT2D eigenvalue weighted by Crippen LogP contribution is -2.24. The molecule has 0 bridgehead atoms. The zero-order valence-corrected chi connectivity index (χ0v) is 14.2. The highest BCUT2D eigenvalue weighted by molar-refractivity contribution is 8.69. The first kappa shape index (κ1) is 20.2. The fraction of sp³-hybridized carbons (Fsp3) is 1.00. The van der Waals surface area contributed by atoms with Crippen LogP contribution < -0.4 is 10.6 Å². The van der Waals surface area contributed by atoms with Gasteiger partial charge in [-0.25, -0.2) is 0 Å². The minimum atomic E-state index is -3.88. The second-order valence-electron chi connectivity index (χ2n) is 4.87. The van der Waals surface area contributed by atoms with Crippen LogP contribution in [0, 0.1) is 0 Å². The highest BCUT2D eigenvalue weighted by Crippen LogP contribution is 2.06. The van der Waals surface area contributed by atoms with Gasteiger partial charge in [0.05, 0.1) is 0 Å². The van der Waals surface area contributed by atoms with Crippen LogP contribution in [-0.2, 0) is 9.15 Å². The highest BCUT2D eigenvalue weighted by atomic mass is 33.1. The third-order valence-corrected chi connectivity index (χ3v) is 4.99. The van der Waals surface area contributed by atoms with Crippen molar-refractivity contribution in [3.63, 3.8) is 0 Å². The number of nitrogens with one attached hydrogen (secondary N) is 2. The van der Waals surface area contributed by atoms with Gasteiger partial charge in [-0.15, -0.1) is 0 Å². The van der Waals surface area contributed by atoms with E-state index in [1.165, 1.54) is 38.5 Å². The van der Waals surface area contributed by atoms with Crippen molar-refractivity contribution in [2.45, 2.75) is 51.9 Å². The molecule has 0 heterocycles. The molecule has 0 aromatic heterocycles. The van der Waals surface area contributed by atoms with Gasteiger partial charge in [0, 0.05) is 12.3 Å². The molecule has 0 unspecified atom stereocenters. The van der Waals surface area contributed by atoms with Crippen LogP contribution in [0.1, 0.15) is 51.9 Å². The summed E-state index contributed by atoms with van der Waals surface area (Å²) in [5.41, 5.74) is 0. The second kappa shape index (κ2) is 14.1. The molecule has 5 nitrogen and oxygen atoms in total. The van der Waals surface area contributed by atoms with Crippen LogP contribution in [0.25, 0.3) is 0 Å². The van der Waals surface area contributed by atoms with Crippen molar-refractivity contribution >= 4 is 19.9 Å². The Balaban J connectivity index is 3.03. The van der Waals surface area contributed by atoms with E-state index in [4.69, 9.17) is 4.55 Å². The molecule has 0 saturated carbocycles. The van der Waals surface area contributed by atoms with Gasteiger partial charge in [-0.3, -0.25) is 4.55 Å². The zero-order chi connectivity index (χ0) is 15.1. The van der Waals surface area contributed by atoms with Crippen LogP contribution >= 0.6 is 10.8 Å². The summed E-state index contributed by atoms with van der Waals surface area (Å²) < 4.78 is 29.4. The van der Waals surface area contributed by atoms with Crippen molar-refractivity contribution in [3.05, 3.63) is 0 Å². The predicted octanol–water partition coefficient (Wildman–Crippen LogP) is 2.45. The van der Waals surface area contributed by atoms with Gasteiger partial charge in [-0.1, -0.05) is 39.0 Å². The zero-order valence-electron chi connectivity index (χ0n) is 12.6. The highest BCUT2D eigenvalue weighted by Gasteiger charge is 2.03. The van der Waals surface area contributed by atoms with E-state index in [1.807, 2.05) is 0 Å². The fourth-order valence-electron chi connectivity index (χ4n) is 1.84. The van der Waals surface area contributed by atoms with Crippen LogP contribution in [0.15, 0.2) is 0 Å². The Hall–Kier alpha value is 0.180. The lowest BCUT2D eigenvalue weighted by Gasteiger charge is -2.06. The largest absolute Gasteiger partial charge is 0.319 e. The van der Waals surface area contributed by atoms with Crippen LogP contribution in [0.2, 0.25) is 0 Å². The second-order valence-corrected chi connectivity index (χ2v) is 8.34. The summed E-state index contributed by atoms with van der Waals surface area (Å²) in [6, 6.07) is 0. The molecule has 0 radical (unpaired) electrons. The summed E-state index contributed by atoms with van der Waals surface area (Å²) in [5, 5.41) is 6.56. The van der Waals surface area contributed by atoms with E-state index in [-0.39, 0.29) is 0 Å². The molecule has 0 rings (SSSR count). The lowest BCUT2D eigenvalue weighted by atomic mass is 10.1. The quantitative estimate of drug-likeness (QED) is 0.244. The Bertz CT molecular complexity index is 298. The molecule has 0 aliphatic carbocycles. The fourth-order valence-corrected chi connectivity index (χ4v) is 3.16. The first-order valence-corrected chi connectivity index (χ1v) is 10.5. The molecule has 7 heteroatoms. The third-order valence-electron chi connectivity index (χ3n) is 2.93. The minimum Gasteiger partial charge on any atom is -0.317 e. The van der Waals surface area contributed by atoms with Gasteiger partial charge in [0.25, 0.3) is 0 Å². The smallest absolute Gasteiger partial charge is 0.317 e. The van der Waals surface area contributed by atoms with Gasteiger partial charge in [0.15, 0.2) is 0 Å². The molecule has 0 fully saturated rings. The molecule has 0 aromatic carbocycles. The van der Waals surface area contributed by atoms with Crippen LogP contribution in [0.3, 0.4) is 0 Å². The molecular weight excluding hydrogens is 296 g/mol. The summed E-state index contributed by atoms with van der Waals surface area (Å²) in [7, 11) is -3.31. The number of hydrogen-bond donors (Lipinski definition) is 3. The molecule has 0 saturated heterocycles. The first-order valence-electron chi connectivity index (χ1n) is 7.59. The summed E-state index contributed by atoms with van der Waals surface area (Å²) in [4.78, 5) is 0. The SMILES string of the molecule is CCCCCCCCNCCCNCCSS(=O)(=O)O. The van der Waals surface area contributed by atoms with E-state index in [2.05, 4.69) is 17.6 Å². The van der Waals surface area contributed by atoms with Crippen LogP contribution in [0.5, 0.6) is 0 Å². The predicted molar refractivity (Wildman–Crippen MR) is 87.7 cm³/mol. The van der Waals surface area contributed by atoms with Crippen molar-refractivity contribution in [2.24, 2.45) is 0 Å². The Labute approximate surface area is 127 Å². The minimum absolute atomic E-state index is 0.379. The average molecular weight is 327 g/mol. The monoisotopic (exact) mass is 326 g/mol. The lowest BCUT2D eigenvalue weighted by molar-refractivity contribution is 0.503. The van der Waals surface area contributed by atoms with E-state index in [0.29, 0.717) is 23.1 Å². The maximum absolute atomic E-state index is 10.4. The maximum atomic E-state index is 10.4. The Morgan fingerprint density at radius 3 is 2.05 bits per heavy atom. The summed E-state index contributed by atoms with van der Waals surface area (Å²) in [6.45, 7) is 5.78. The number of unbranched alkanes of at least 4 members (excludes halogenated alkanes) is 5. The van der Waals surface area contributed by atoms with Gasteiger partial charge in [0.1, 0.15) is 0 Å². The first-order chi connectivity index (χ1) is 9.56. The van der Waals surface area contributed by atoms with E-state index < -0.39 is 9.15 Å². The summed E-state index contributed by atoms with van der Waals surface area (Å²) >= 11 is 0. The Kier molecular flexibility index (Phi) is 14.3. The van der Waals surface area contributed by atoms with E-state index in [9.17, 15) is 8.42 Å². The summed E-state index contributed by atoms with van der Waals surface area (Å²) in [6.07, 6.45) is 8.97. The number of rotatable bonds is 15.